The van der Waals surface area contributed by atoms with Gasteiger partial charge in [0.25, 0.3) is 0 Å². The van der Waals surface area contributed by atoms with E-state index in [1.54, 1.807) is 7.11 Å². The molecule has 1 atom stereocenters. The van der Waals surface area contributed by atoms with E-state index in [0.717, 1.165) is 33.4 Å². The molecule has 0 aromatic heterocycles. The predicted octanol–water partition coefficient (Wildman–Crippen LogP) is 4.63. The van der Waals surface area contributed by atoms with Gasteiger partial charge in [0.1, 0.15) is 18.1 Å². The summed E-state index contributed by atoms with van der Waals surface area (Å²) in [5, 5.41) is 0.730. The molecule has 0 aliphatic carbocycles. The minimum absolute atomic E-state index is 0.0956. The van der Waals surface area contributed by atoms with E-state index in [1.165, 1.54) is 0 Å². The molecule has 0 amide bonds. The number of allylic oxidation sites excluding steroid dienone is 1. The van der Waals surface area contributed by atoms with E-state index >= 15 is 0 Å². The van der Waals surface area contributed by atoms with Crippen LogP contribution in [0.25, 0.3) is 6.08 Å². The summed E-state index contributed by atoms with van der Waals surface area (Å²) >= 11 is 5.92. The van der Waals surface area contributed by atoms with E-state index in [2.05, 4.69) is 0 Å². The first-order chi connectivity index (χ1) is 11.2. The Morgan fingerprint density at radius 2 is 1.96 bits per heavy atom. The normalized spacial score (nSPS) is 17.2. The van der Waals surface area contributed by atoms with Crippen molar-refractivity contribution in [3.8, 4) is 11.5 Å². The van der Waals surface area contributed by atoms with E-state index < -0.39 is 0 Å². The van der Waals surface area contributed by atoms with Crippen molar-refractivity contribution >= 4 is 23.4 Å². The highest BCUT2D eigenvalue weighted by molar-refractivity contribution is 6.30. The van der Waals surface area contributed by atoms with Gasteiger partial charge in [-0.2, -0.15) is 0 Å². The largest absolute Gasteiger partial charge is 0.497 e. The molecule has 2 aromatic carbocycles. The molecule has 0 N–H and O–H groups in total. The van der Waals surface area contributed by atoms with Gasteiger partial charge in [0.15, 0.2) is 0 Å². The number of halogens is 1. The van der Waals surface area contributed by atoms with Crippen LogP contribution in [0.3, 0.4) is 0 Å². The Morgan fingerprint density at radius 3 is 2.70 bits per heavy atom. The lowest BCUT2D eigenvalue weighted by molar-refractivity contribution is 0.298. The van der Waals surface area contributed by atoms with Crippen LogP contribution >= 0.6 is 11.6 Å². The maximum atomic E-state index is 5.92. The summed E-state index contributed by atoms with van der Waals surface area (Å²) in [6.07, 6.45) is 4.04. The number of hydrogen-bond donors (Lipinski definition) is 0. The predicted molar refractivity (Wildman–Crippen MR) is 95.0 cm³/mol. The smallest absolute Gasteiger partial charge is 0.132 e. The van der Waals surface area contributed by atoms with Crippen LogP contribution in [0.4, 0.5) is 0 Å². The fourth-order valence-corrected chi connectivity index (χ4v) is 2.52. The van der Waals surface area contributed by atoms with Crippen molar-refractivity contribution < 1.29 is 9.47 Å². The fraction of sp³-hybridized carbons (Fsp3) is 0.211. The zero-order valence-electron chi connectivity index (χ0n) is 13.1. The van der Waals surface area contributed by atoms with E-state index in [-0.39, 0.29) is 6.04 Å². The molecule has 0 radical (unpaired) electrons. The quantitative estimate of drug-likeness (QED) is 0.822. The van der Waals surface area contributed by atoms with Gasteiger partial charge < -0.3 is 9.47 Å². The van der Waals surface area contributed by atoms with Gasteiger partial charge in [-0.1, -0.05) is 29.8 Å². The number of ether oxygens (including phenoxy) is 2. The lowest BCUT2D eigenvalue weighted by Gasteiger charge is -2.09. The van der Waals surface area contributed by atoms with Crippen LogP contribution in [0.15, 0.2) is 53.5 Å². The number of nitrogens with zero attached hydrogens (tertiary/aromatic N) is 1. The molecule has 0 spiro atoms. The minimum atomic E-state index is 0.0956. The highest BCUT2D eigenvalue weighted by Crippen LogP contribution is 2.28. The summed E-state index contributed by atoms with van der Waals surface area (Å²) in [5.41, 5.74) is 2.95. The monoisotopic (exact) mass is 327 g/mol. The highest BCUT2D eigenvalue weighted by atomic mass is 35.5. The molecule has 118 valence electrons. The molecule has 1 unspecified atom stereocenters. The molecular formula is C19H18ClNO2. The molecule has 4 heteroatoms. The lowest BCUT2D eigenvalue weighted by Crippen LogP contribution is -2.10. The number of rotatable bonds is 3. The summed E-state index contributed by atoms with van der Waals surface area (Å²) in [6.45, 7) is 2.59. The van der Waals surface area contributed by atoms with Crippen LogP contribution in [0.2, 0.25) is 5.02 Å². The van der Waals surface area contributed by atoms with E-state index in [4.69, 9.17) is 26.1 Å². The highest BCUT2D eigenvalue weighted by Gasteiger charge is 2.16. The third kappa shape index (κ3) is 3.74. The number of hydrogen-bond acceptors (Lipinski definition) is 3. The average Bonchev–Trinajstić information content (AvgIpc) is 2.73. The lowest BCUT2D eigenvalue weighted by atomic mass is 10.1. The maximum absolute atomic E-state index is 5.92. The summed E-state index contributed by atoms with van der Waals surface area (Å²) in [5.74, 6) is 1.58. The van der Waals surface area contributed by atoms with Gasteiger partial charge in [0.05, 0.1) is 18.9 Å². The van der Waals surface area contributed by atoms with Gasteiger partial charge in [-0.05, 0) is 42.8 Å². The van der Waals surface area contributed by atoms with Gasteiger partial charge in [-0.25, -0.2) is 0 Å². The van der Waals surface area contributed by atoms with Crippen LogP contribution in [-0.4, -0.2) is 25.5 Å². The van der Waals surface area contributed by atoms with Crippen molar-refractivity contribution in [3.05, 3.63) is 64.7 Å². The van der Waals surface area contributed by atoms with E-state index in [1.807, 2.05) is 61.5 Å². The molecule has 1 aliphatic rings. The molecular weight excluding hydrogens is 310 g/mol. The number of methoxy groups -OCH3 is 1. The third-order valence-corrected chi connectivity index (χ3v) is 3.86. The molecule has 1 aliphatic heterocycles. The molecule has 0 saturated heterocycles. The average molecular weight is 328 g/mol. The van der Waals surface area contributed by atoms with Crippen LogP contribution in [0, 0.1) is 0 Å². The van der Waals surface area contributed by atoms with Crippen LogP contribution in [-0.2, 0) is 0 Å². The first-order valence-corrected chi connectivity index (χ1v) is 7.86. The molecule has 0 bridgehead atoms. The summed E-state index contributed by atoms with van der Waals surface area (Å²) in [4.78, 5) is 4.74. The minimum Gasteiger partial charge on any atom is -0.497 e. The van der Waals surface area contributed by atoms with Crippen LogP contribution in [0.5, 0.6) is 11.5 Å². The first kappa shape index (κ1) is 15.6. The number of benzene rings is 2. The van der Waals surface area contributed by atoms with Gasteiger partial charge in [0, 0.05) is 16.7 Å². The van der Waals surface area contributed by atoms with Gasteiger partial charge in [-0.15, -0.1) is 0 Å². The Kier molecular flexibility index (Phi) is 4.68. The standard InChI is InChI=1S/C19H18ClNO2/c1-13-12-23-19-11-16(22-2)8-9-17(19)18(21-13)10-5-14-3-6-15(20)7-4-14/h3-11,13H,12H2,1-2H3/b10-5+. The van der Waals surface area contributed by atoms with Gasteiger partial charge in [0.2, 0.25) is 0 Å². The second kappa shape index (κ2) is 6.88. The summed E-state index contributed by atoms with van der Waals surface area (Å²) in [6, 6.07) is 13.6. The Labute approximate surface area is 141 Å². The summed E-state index contributed by atoms with van der Waals surface area (Å²) in [7, 11) is 1.65. The molecule has 0 fully saturated rings. The fourth-order valence-electron chi connectivity index (χ4n) is 2.40. The number of aliphatic imine (C=N–C) groups is 1. The van der Waals surface area contributed by atoms with Crippen LogP contribution < -0.4 is 9.47 Å². The molecule has 2 aromatic rings. The van der Waals surface area contributed by atoms with Crippen LogP contribution in [0.1, 0.15) is 18.1 Å². The van der Waals surface area contributed by atoms with Crippen molar-refractivity contribution in [3.63, 3.8) is 0 Å². The van der Waals surface area contributed by atoms with E-state index in [0.29, 0.717) is 6.61 Å². The van der Waals surface area contributed by atoms with Gasteiger partial charge in [-0.3, -0.25) is 4.99 Å². The second-order valence-electron chi connectivity index (χ2n) is 5.42. The number of fused-ring (bicyclic) bond motifs is 1. The zero-order chi connectivity index (χ0) is 16.2. The maximum Gasteiger partial charge on any atom is 0.132 e. The second-order valence-corrected chi connectivity index (χ2v) is 5.86. The molecule has 0 saturated carbocycles. The third-order valence-electron chi connectivity index (χ3n) is 3.61. The Morgan fingerprint density at radius 1 is 1.17 bits per heavy atom. The van der Waals surface area contributed by atoms with Crippen molar-refractivity contribution in [2.45, 2.75) is 13.0 Å². The molecule has 1 heterocycles. The molecule has 3 rings (SSSR count). The molecule has 3 nitrogen and oxygen atoms in total. The van der Waals surface area contributed by atoms with Crippen molar-refractivity contribution in [1.82, 2.24) is 0 Å². The first-order valence-electron chi connectivity index (χ1n) is 7.48. The van der Waals surface area contributed by atoms with Crippen molar-refractivity contribution in [2.75, 3.05) is 13.7 Å². The Hall–Kier alpha value is -2.26. The molecule has 23 heavy (non-hydrogen) atoms. The SMILES string of the molecule is COc1ccc2c(c1)OCC(C)N=C2/C=C/c1ccc(Cl)cc1. The zero-order valence-corrected chi connectivity index (χ0v) is 13.9. The van der Waals surface area contributed by atoms with E-state index in [9.17, 15) is 0 Å². The van der Waals surface area contributed by atoms with Crippen molar-refractivity contribution in [2.24, 2.45) is 4.99 Å². The van der Waals surface area contributed by atoms with Crippen molar-refractivity contribution in [1.29, 1.82) is 0 Å². The van der Waals surface area contributed by atoms with Gasteiger partial charge >= 0.3 is 0 Å². The summed E-state index contributed by atoms with van der Waals surface area (Å²) < 4.78 is 11.1. The Balaban J connectivity index is 1.95. The topological polar surface area (TPSA) is 30.8 Å². The Bertz CT molecular complexity index is 750.